The van der Waals surface area contributed by atoms with Crippen LogP contribution in [0.25, 0.3) is 0 Å². The van der Waals surface area contributed by atoms with E-state index in [1.807, 2.05) is 85.8 Å². The molecule has 7 nitrogen and oxygen atoms in total. The third-order valence-corrected chi connectivity index (χ3v) is 7.93. The summed E-state index contributed by atoms with van der Waals surface area (Å²) < 4.78 is 38.3. The molecule has 0 amide bonds. The number of hydrogen-bond donors (Lipinski definition) is 1. The summed E-state index contributed by atoms with van der Waals surface area (Å²) in [6, 6.07) is 29.3. The molecule has 0 saturated carbocycles. The second-order valence-electron chi connectivity index (χ2n) is 9.74. The Balaban J connectivity index is 1.52. The number of halogens is 1. The zero-order valence-electron chi connectivity index (χ0n) is 23.3. The largest absolute Gasteiger partial charge is 0.469 e. The van der Waals surface area contributed by atoms with Crippen LogP contribution in [0.2, 0.25) is 0 Å². The number of carbonyl (C=O) groups excluding carboxylic acids is 1. The van der Waals surface area contributed by atoms with E-state index in [0.717, 1.165) is 38.7 Å². The van der Waals surface area contributed by atoms with E-state index in [4.69, 9.17) is 9.47 Å². The molecular weight excluding hydrogens is 604 g/mol. The second-order valence-corrected chi connectivity index (χ2v) is 12.3. The number of nitrogens with zero attached hydrogens (tertiary/aromatic N) is 1. The van der Waals surface area contributed by atoms with Crippen molar-refractivity contribution in [2.45, 2.75) is 32.9 Å². The third kappa shape index (κ3) is 8.83. The number of esters is 1. The fraction of sp³-hybridized carbons (Fsp3) is 0.219. The van der Waals surface area contributed by atoms with Gasteiger partial charge in [0.15, 0.2) is 0 Å². The lowest BCUT2D eigenvalue weighted by Crippen LogP contribution is -2.24. The summed E-state index contributed by atoms with van der Waals surface area (Å²) in [5.74, 6) is 1.19. The number of ether oxygens (including phenoxy) is 2. The topological polar surface area (TPSA) is 84.9 Å². The van der Waals surface area contributed by atoms with Crippen molar-refractivity contribution in [2.75, 3.05) is 23.0 Å². The van der Waals surface area contributed by atoms with Crippen LogP contribution in [0.3, 0.4) is 0 Å². The molecule has 0 heterocycles. The maximum Gasteiger partial charge on any atom is 0.305 e. The lowest BCUT2D eigenvalue weighted by molar-refractivity contribution is -0.140. The number of anilines is 2. The van der Waals surface area contributed by atoms with E-state index in [1.54, 1.807) is 6.07 Å². The normalized spacial score (nSPS) is 11.1. The first kappa shape index (κ1) is 30.1. The van der Waals surface area contributed by atoms with Crippen molar-refractivity contribution < 1.29 is 22.7 Å². The molecule has 1 N–H and O–H groups in total. The Bertz CT molecular complexity index is 1590. The van der Waals surface area contributed by atoms with Crippen molar-refractivity contribution in [3.63, 3.8) is 0 Å². The number of methoxy groups -OCH3 is 1. The first-order valence-electron chi connectivity index (χ1n) is 13.1. The van der Waals surface area contributed by atoms with Gasteiger partial charge in [-0.15, -0.1) is 0 Å². The smallest absolute Gasteiger partial charge is 0.305 e. The molecule has 9 heteroatoms. The molecule has 4 aromatic rings. The Hall–Kier alpha value is -3.82. The number of hydrogen-bond acceptors (Lipinski definition) is 6. The summed E-state index contributed by atoms with van der Waals surface area (Å²) in [4.78, 5) is 13.6. The second kappa shape index (κ2) is 13.7. The van der Waals surface area contributed by atoms with Gasteiger partial charge in [-0.3, -0.25) is 9.52 Å². The average Bonchev–Trinajstić information content (AvgIpc) is 2.95. The zero-order valence-corrected chi connectivity index (χ0v) is 25.7. The van der Waals surface area contributed by atoms with Crippen molar-refractivity contribution in [1.29, 1.82) is 0 Å². The van der Waals surface area contributed by atoms with Crippen LogP contribution < -0.4 is 14.4 Å². The predicted octanol–water partition coefficient (Wildman–Crippen LogP) is 7.23. The Kier molecular flexibility index (Phi) is 10.1. The van der Waals surface area contributed by atoms with Crippen molar-refractivity contribution >= 4 is 43.3 Å². The lowest BCUT2D eigenvalue weighted by Gasteiger charge is -2.28. The molecule has 0 unspecified atom stereocenters. The van der Waals surface area contributed by atoms with Crippen LogP contribution in [0, 0.1) is 6.92 Å². The van der Waals surface area contributed by atoms with Gasteiger partial charge in [0, 0.05) is 29.7 Å². The molecule has 0 aliphatic heterocycles. The van der Waals surface area contributed by atoms with Crippen LogP contribution in [0.1, 0.15) is 28.7 Å². The number of sulfonamides is 1. The maximum absolute atomic E-state index is 11.9. The summed E-state index contributed by atoms with van der Waals surface area (Å²) in [6.45, 7) is 3.14. The van der Waals surface area contributed by atoms with Gasteiger partial charge in [-0.25, -0.2) is 8.42 Å². The van der Waals surface area contributed by atoms with Crippen molar-refractivity contribution in [3.8, 4) is 11.5 Å². The highest BCUT2D eigenvalue weighted by Crippen LogP contribution is 2.32. The molecule has 0 bridgehead atoms. The minimum Gasteiger partial charge on any atom is -0.469 e. The molecule has 0 spiro atoms. The molecule has 0 aliphatic rings. The highest BCUT2D eigenvalue weighted by Gasteiger charge is 2.16. The molecule has 0 saturated heterocycles. The number of aryl methyl sites for hydroxylation is 1. The highest BCUT2D eigenvalue weighted by atomic mass is 79.9. The summed E-state index contributed by atoms with van der Waals surface area (Å²) in [6.07, 6.45) is 2.11. The fourth-order valence-electron chi connectivity index (χ4n) is 4.43. The molecule has 41 heavy (non-hydrogen) atoms. The van der Waals surface area contributed by atoms with E-state index in [-0.39, 0.29) is 5.97 Å². The molecule has 4 rings (SSSR count). The molecular formula is C32H33BrN2O5S. The van der Waals surface area contributed by atoms with E-state index in [1.165, 1.54) is 7.11 Å². The Morgan fingerprint density at radius 2 is 1.49 bits per heavy atom. The maximum atomic E-state index is 11.9. The Morgan fingerprint density at radius 1 is 0.854 bits per heavy atom. The molecule has 0 aromatic heterocycles. The van der Waals surface area contributed by atoms with Crippen LogP contribution in [0.15, 0.2) is 95.5 Å². The molecule has 4 aromatic carbocycles. The Morgan fingerprint density at radius 3 is 2.10 bits per heavy atom. The first-order chi connectivity index (χ1) is 19.6. The van der Waals surface area contributed by atoms with E-state index < -0.39 is 10.0 Å². The van der Waals surface area contributed by atoms with E-state index in [2.05, 4.69) is 31.6 Å². The van der Waals surface area contributed by atoms with Crippen LogP contribution in [-0.4, -0.2) is 27.8 Å². The quantitative estimate of drug-likeness (QED) is 0.165. The minimum atomic E-state index is -3.42. The van der Waals surface area contributed by atoms with Crippen LogP contribution in [0.4, 0.5) is 11.4 Å². The van der Waals surface area contributed by atoms with Gasteiger partial charge in [-0.2, -0.15) is 0 Å². The number of benzene rings is 4. The standard InChI is InChI=1S/C32H33BrN2O5S/c1-23-30(34-41(3,37)38)9-6-10-31(23)35(22-26-7-4-5-8-29(26)33)21-25-13-18-28(19-14-25)40-27-16-11-24(12-17-27)15-20-32(36)39-2/h4-14,16-19,34H,15,20-22H2,1-3H3. The van der Waals surface area contributed by atoms with Gasteiger partial charge in [0.05, 0.1) is 19.1 Å². The van der Waals surface area contributed by atoms with Crippen molar-refractivity contribution in [1.82, 2.24) is 0 Å². The van der Waals surface area contributed by atoms with Gasteiger partial charge in [0.2, 0.25) is 10.0 Å². The van der Waals surface area contributed by atoms with E-state index in [0.29, 0.717) is 43.1 Å². The van der Waals surface area contributed by atoms with Crippen LogP contribution >= 0.6 is 15.9 Å². The zero-order chi connectivity index (χ0) is 29.4. The van der Waals surface area contributed by atoms with E-state index in [9.17, 15) is 13.2 Å². The summed E-state index contributed by atoms with van der Waals surface area (Å²) >= 11 is 3.66. The third-order valence-electron chi connectivity index (χ3n) is 6.56. The average molecular weight is 638 g/mol. The fourth-order valence-corrected chi connectivity index (χ4v) is 5.46. The lowest BCUT2D eigenvalue weighted by atomic mass is 10.1. The van der Waals surface area contributed by atoms with Crippen LogP contribution in [0.5, 0.6) is 11.5 Å². The predicted molar refractivity (Wildman–Crippen MR) is 167 cm³/mol. The summed E-state index contributed by atoms with van der Waals surface area (Å²) in [5.41, 5.74) is 5.56. The van der Waals surface area contributed by atoms with Gasteiger partial charge in [0.1, 0.15) is 11.5 Å². The van der Waals surface area contributed by atoms with Gasteiger partial charge in [0.25, 0.3) is 0 Å². The number of nitrogens with one attached hydrogen (secondary N) is 1. The van der Waals surface area contributed by atoms with Crippen molar-refractivity contribution in [2.24, 2.45) is 0 Å². The molecule has 0 radical (unpaired) electrons. The molecule has 0 fully saturated rings. The first-order valence-corrected chi connectivity index (χ1v) is 15.8. The summed E-state index contributed by atoms with van der Waals surface area (Å²) in [5, 5.41) is 0. The van der Waals surface area contributed by atoms with Crippen molar-refractivity contribution in [3.05, 3.63) is 118 Å². The van der Waals surface area contributed by atoms with Gasteiger partial charge < -0.3 is 14.4 Å². The molecule has 0 aliphatic carbocycles. The minimum absolute atomic E-state index is 0.228. The highest BCUT2D eigenvalue weighted by molar-refractivity contribution is 9.10. The monoisotopic (exact) mass is 636 g/mol. The molecule has 0 atom stereocenters. The molecule has 214 valence electrons. The van der Waals surface area contributed by atoms with Gasteiger partial charge in [-0.05, 0) is 78.1 Å². The number of carbonyl (C=O) groups is 1. The SMILES string of the molecule is COC(=O)CCc1ccc(Oc2ccc(CN(Cc3ccccc3Br)c3cccc(NS(C)(=O)=O)c3C)cc2)cc1. The number of rotatable bonds is 12. The Labute approximate surface area is 250 Å². The van der Waals surface area contributed by atoms with Crippen LogP contribution in [-0.2, 0) is 39.1 Å². The van der Waals surface area contributed by atoms with E-state index >= 15 is 0 Å². The van der Waals surface area contributed by atoms with Gasteiger partial charge in [-0.1, -0.05) is 64.5 Å². The summed E-state index contributed by atoms with van der Waals surface area (Å²) in [7, 11) is -2.02. The van der Waals surface area contributed by atoms with Gasteiger partial charge >= 0.3 is 5.97 Å².